The van der Waals surface area contributed by atoms with E-state index in [9.17, 15) is 4.79 Å². The average molecular weight is 252 g/mol. The lowest BCUT2D eigenvalue weighted by atomic mass is 9.78. The number of hydrogen-bond acceptors (Lipinski definition) is 4. The maximum absolute atomic E-state index is 12.1. The molecule has 1 aliphatic rings. The number of anilines is 1. The van der Waals surface area contributed by atoms with Gasteiger partial charge in [-0.05, 0) is 25.7 Å². The molecular formula is C13H20N2OS. The molecule has 0 unspecified atom stereocenters. The first-order valence-corrected chi connectivity index (χ1v) is 6.87. The van der Waals surface area contributed by atoms with Gasteiger partial charge in [-0.3, -0.25) is 4.79 Å². The molecule has 0 atom stereocenters. The van der Waals surface area contributed by atoms with Crippen molar-refractivity contribution in [3.05, 3.63) is 10.6 Å². The lowest BCUT2D eigenvalue weighted by Crippen LogP contribution is -2.26. The monoisotopic (exact) mass is 252 g/mol. The van der Waals surface area contributed by atoms with Crippen LogP contribution in [0.2, 0.25) is 0 Å². The molecule has 0 N–H and O–H groups in total. The number of hydrogen-bond donors (Lipinski definition) is 0. The molecule has 0 bridgehead atoms. The van der Waals surface area contributed by atoms with E-state index in [4.69, 9.17) is 0 Å². The Kier molecular flexibility index (Phi) is 3.02. The maximum Gasteiger partial charge on any atom is 0.186 e. The van der Waals surface area contributed by atoms with E-state index in [1.165, 1.54) is 0 Å². The number of Topliss-reactive ketones (excluding diaryl/α,β-unsaturated/α-hetero) is 1. The van der Waals surface area contributed by atoms with Crippen molar-refractivity contribution < 1.29 is 4.79 Å². The fourth-order valence-corrected chi connectivity index (χ4v) is 3.19. The first-order valence-electron chi connectivity index (χ1n) is 6.06. The van der Waals surface area contributed by atoms with Gasteiger partial charge in [-0.2, -0.15) is 0 Å². The van der Waals surface area contributed by atoms with Crippen molar-refractivity contribution in [3.63, 3.8) is 0 Å². The largest absolute Gasteiger partial charge is 0.349 e. The Hall–Kier alpha value is -0.900. The molecule has 17 heavy (non-hydrogen) atoms. The Morgan fingerprint density at radius 2 is 2.00 bits per heavy atom. The van der Waals surface area contributed by atoms with E-state index < -0.39 is 0 Å². The van der Waals surface area contributed by atoms with Crippen LogP contribution in [0.3, 0.4) is 0 Å². The minimum absolute atomic E-state index is 0.0613. The van der Waals surface area contributed by atoms with Gasteiger partial charge >= 0.3 is 0 Å². The third-order valence-corrected chi connectivity index (χ3v) is 4.53. The molecule has 94 valence electrons. The van der Waals surface area contributed by atoms with Gasteiger partial charge in [-0.25, -0.2) is 4.98 Å². The van der Waals surface area contributed by atoms with Gasteiger partial charge < -0.3 is 4.90 Å². The Labute approximate surface area is 107 Å². The molecule has 0 radical (unpaired) electrons. The number of nitrogens with zero attached hydrogens (tertiary/aromatic N) is 2. The number of fused-ring (bicyclic) bond motifs is 1. The predicted octanol–water partition coefficient (Wildman–Crippen LogP) is 3.14. The van der Waals surface area contributed by atoms with Gasteiger partial charge in [0.1, 0.15) is 0 Å². The summed E-state index contributed by atoms with van der Waals surface area (Å²) in [5.74, 6) is 0.261. The smallest absolute Gasteiger partial charge is 0.186 e. The summed E-state index contributed by atoms with van der Waals surface area (Å²) in [7, 11) is 2.03. The van der Waals surface area contributed by atoms with Crippen molar-refractivity contribution in [2.45, 2.75) is 46.6 Å². The van der Waals surface area contributed by atoms with Crippen LogP contribution in [0.15, 0.2) is 0 Å². The lowest BCUT2D eigenvalue weighted by Gasteiger charge is -2.26. The summed E-state index contributed by atoms with van der Waals surface area (Å²) < 4.78 is 0. The van der Waals surface area contributed by atoms with Gasteiger partial charge in [0.15, 0.2) is 10.9 Å². The summed E-state index contributed by atoms with van der Waals surface area (Å²) in [6, 6.07) is 0.408. The van der Waals surface area contributed by atoms with E-state index in [-0.39, 0.29) is 11.2 Å². The standard InChI is InChI=1S/C13H20N2OS/c1-8(2)15(5)12-14-9-6-13(3,4)7-10(16)11(9)17-12/h8H,6-7H2,1-5H3. The summed E-state index contributed by atoms with van der Waals surface area (Å²) in [4.78, 5) is 19.7. The number of thiazole rings is 1. The highest BCUT2D eigenvalue weighted by atomic mass is 32.1. The van der Waals surface area contributed by atoms with Crippen molar-refractivity contribution in [2.75, 3.05) is 11.9 Å². The van der Waals surface area contributed by atoms with Crippen molar-refractivity contribution in [2.24, 2.45) is 5.41 Å². The molecule has 1 aliphatic carbocycles. The van der Waals surface area contributed by atoms with Crippen LogP contribution >= 0.6 is 11.3 Å². The molecule has 0 aromatic carbocycles. The van der Waals surface area contributed by atoms with Crippen LogP contribution in [0.5, 0.6) is 0 Å². The minimum atomic E-state index is 0.0613. The molecular weight excluding hydrogens is 232 g/mol. The zero-order chi connectivity index (χ0) is 12.8. The SMILES string of the molecule is CC(C)N(C)c1nc2c(s1)C(=O)CC(C)(C)C2. The molecule has 0 fully saturated rings. The van der Waals surface area contributed by atoms with Gasteiger partial charge in [0, 0.05) is 19.5 Å². The molecule has 0 saturated heterocycles. The van der Waals surface area contributed by atoms with Crippen molar-refractivity contribution in [1.29, 1.82) is 0 Å². The van der Waals surface area contributed by atoms with Crippen LogP contribution in [0.1, 0.15) is 49.5 Å². The van der Waals surface area contributed by atoms with Crippen LogP contribution in [-0.2, 0) is 6.42 Å². The molecule has 1 heterocycles. The number of ketones is 1. The molecule has 0 spiro atoms. The topological polar surface area (TPSA) is 33.2 Å². The number of aromatic nitrogens is 1. The van der Waals surface area contributed by atoms with E-state index in [1.807, 2.05) is 7.05 Å². The van der Waals surface area contributed by atoms with E-state index in [0.717, 1.165) is 22.1 Å². The first kappa shape index (κ1) is 12.6. The molecule has 1 aromatic heterocycles. The number of carbonyl (C=O) groups is 1. The van der Waals surface area contributed by atoms with E-state index in [0.29, 0.717) is 12.5 Å². The predicted molar refractivity (Wildman–Crippen MR) is 72.1 cm³/mol. The summed E-state index contributed by atoms with van der Waals surface area (Å²) in [5.41, 5.74) is 1.06. The zero-order valence-electron chi connectivity index (χ0n) is 11.2. The van der Waals surface area contributed by atoms with Crippen LogP contribution in [0.25, 0.3) is 0 Å². The maximum atomic E-state index is 12.1. The van der Waals surface area contributed by atoms with Crippen molar-refractivity contribution >= 4 is 22.3 Å². The Balaban J connectivity index is 2.36. The van der Waals surface area contributed by atoms with E-state index in [2.05, 4.69) is 37.6 Å². The molecule has 0 saturated carbocycles. The molecule has 2 rings (SSSR count). The molecule has 0 amide bonds. The highest BCUT2D eigenvalue weighted by Gasteiger charge is 2.34. The van der Waals surface area contributed by atoms with Crippen LogP contribution in [0, 0.1) is 5.41 Å². The number of rotatable bonds is 2. The second kappa shape index (κ2) is 4.09. The fourth-order valence-electron chi connectivity index (χ4n) is 2.08. The second-order valence-electron chi connectivity index (χ2n) is 5.92. The molecule has 1 aromatic rings. The highest BCUT2D eigenvalue weighted by Crippen LogP contribution is 2.39. The van der Waals surface area contributed by atoms with Crippen molar-refractivity contribution in [3.8, 4) is 0 Å². The third kappa shape index (κ3) is 2.37. The Morgan fingerprint density at radius 3 is 2.59 bits per heavy atom. The van der Waals surface area contributed by atoms with Crippen LogP contribution < -0.4 is 4.90 Å². The number of carbonyl (C=O) groups excluding carboxylic acids is 1. The average Bonchev–Trinajstić information content (AvgIpc) is 2.58. The Morgan fingerprint density at radius 1 is 1.35 bits per heavy atom. The van der Waals surface area contributed by atoms with Crippen LogP contribution in [-0.4, -0.2) is 23.9 Å². The summed E-state index contributed by atoms with van der Waals surface area (Å²) >= 11 is 1.55. The van der Waals surface area contributed by atoms with Gasteiger partial charge in [-0.1, -0.05) is 25.2 Å². The van der Waals surface area contributed by atoms with Gasteiger partial charge in [0.2, 0.25) is 0 Å². The van der Waals surface area contributed by atoms with E-state index >= 15 is 0 Å². The van der Waals surface area contributed by atoms with Gasteiger partial charge in [0.05, 0.1) is 10.6 Å². The molecule has 4 heteroatoms. The Bertz CT molecular complexity index is 448. The quantitative estimate of drug-likeness (QED) is 0.810. The van der Waals surface area contributed by atoms with Crippen LogP contribution in [0.4, 0.5) is 5.13 Å². The molecule has 0 aliphatic heterocycles. The highest BCUT2D eigenvalue weighted by molar-refractivity contribution is 7.17. The van der Waals surface area contributed by atoms with Gasteiger partial charge in [0.25, 0.3) is 0 Å². The van der Waals surface area contributed by atoms with E-state index in [1.54, 1.807) is 11.3 Å². The van der Waals surface area contributed by atoms with Crippen molar-refractivity contribution in [1.82, 2.24) is 4.98 Å². The second-order valence-corrected chi connectivity index (χ2v) is 6.90. The first-order chi connectivity index (χ1) is 7.80. The minimum Gasteiger partial charge on any atom is -0.349 e. The van der Waals surface area contributed by atoms with Gasteiger partial charge in [-0.15, -0.1) is 0 Å². The third-order valence-electron chi connectivity index (χ3n) is 3.30. The zero-order valence-corrected chi connectivity index (χ0v) is 12.0. The fraction of sp³-hybridized carbons (Fsp3) is 0.692. The summed E-state index contributed by atoms with van der Waals surface area (Å²) in [6.45, 7) is 8.54. The molecule has 3 nitrogen and oxygen atoms in total. The summed E-state index contributed by atoms with van der Waals surface area (Å²) in [5, 5.41) is 0.969. The lowest BCUT2D eigenvalue weighted by molar-refractivity contribution is 0.0916. The normalized spacial score (nSPS) is 18.4. The summed E-state index contributed by atoms with van der Waals surface area (Å²) in [6.07, 6.45) is 1.56.